The van der Waals surface area contributed by atoms with Gasteiger partial charge < -0.3 is 16.0 Å². The average molecular weight is 232 g/mol. The van der Waals surface area contributed by atoms with Crippen molar-refractivity contribution < 1.29 is 0 Å². The van der Waals surface area contributed by atoms with Crippen LogP contribution in [0.1, 0.15) is 19.0 Å². The van der Waals surface area contributed by atoms with E-state index in [1.54, 1.807) is 13.0 Å². The Balaban J connectivity index is 2.55. The molecule has 0 radical (unpaired) electrons. The highest BCUT2D eigenvalue weighted by molar-refractivity contribution is 5.86. The van der Waals surface area contributed by atoms with Gasteiger partial charge in [-0.2, -0.15) is 0 Å². The van der Waals surface area contributed by atoms with Gasteiger partial charge in [0.25, 0.3) is 5.56 Å². The average Bonchev–Trinajstić information content (AvgIpc) is 2.29. The third-order valence-corrected chi connectivity index (χ3v) is 2.60. The predicted molar refractivity (Wildman–Crippen MR) is 70.3 cm³/mol. The van der Waals surface area contributed by atoms with E-state index in [1.165, 1.54) is 0 Å². The van der Waals surface area contributed by atoms with Gasteiger partial charge in [-0.1, -0.05) is 6.92 Å². The van der Waals surface area contributed by atoms with Gasteiger partial charge in [0.1, 0.15) is 5.69 Å². The summed E-state index contributed by atoms with van der Waals surface area (Å²) < 4.78 is 0. The van der Waals surface area contributed by atoms with Crippen LogP contribution in [0.4, 0.5) is 11.4 Å². The van der Waals surface area contributed by atoms with Crippen LogP contribution in [-0.2, 0) is 0 Å². The SMILES string of the molecule is CCCNc1cc2nc(C)c(=O)[nH]c2cc1N. The normalized spacial score (nSPS) is 10.7. The molecule has 0 amide bonds. The van der Waals surface area contributed by atoms with Crippen LogP contribution in [0.2, 0.25) is 0 Å². The fraction of sp³-hybridized carbons (Fsp3) is 0.333. The summed E-state index contributed by atoms with van der Waals surface area (Å²) in [5, 5.41) is 3.23. The van der Waals surface area contributed by atoms with Gasteiger partial charge in [-0.25, -0.2) is 4.98 Å². The predicted octanol–water partition coefficient (Wildman–Crippen LogP) is 1.64. The molecule has 0 aliphatic rings. The number of aryl methyl sites for hydroxylation is 1. The molecule has 0 saturated carbocycles. The number of aromatic nitrogens is 2. The van der Waals surface area contributed by atoms with Crippen LogP contribution < -0.4 is 16.6 Å². The lowest BCUT2D eigenvalue weighted by Crippen LogP contribution is -2.12. The quantitative estimate of drug-likeness (QED) is 0.702. The molecular formula is C12H16N4O. The summed E-state index contributed by atoms with van der Waals surface area (Å²) in [5.74, 6) is 0. The van der Waals surface area contributed by atoms with Gasteiger partial charge in [0.2, 0.25) is 0 Å². The van der Waals surface area contributed by atoms with E-state index in [9.17, 15) is 4.79 Å². The van der Waals surface area contributed by atoms with Crippen molar-refractivity contribution >= 4 is 22.4 Å². The van der Waals surface area contributed by atoms with Crippen molar-refractivity contribution in [3.63, 3.8) is 0 Å². The molecule has 1 aromatic heterocycles. The van der Waals surface area contributed by atoms with Crippen LogP contribution in [0.3, 0.4) is 0 Å². The van der Waals surface area contributed by atoms with E-state index in [-0.39, 0.29) is 5.56 Å². The first-order valence-electron chi connectivity index (χ1n) is 5.66. The molecule has 0 aliphatic heterocycles. The lowest BCUT2D eigenvalue weighted by Gasteiger charge is -2.09. The standard InChI is InChI=1S/C12H16N4O/c1-3-4-14-9-6-11-10(5-8(9)13)16-12(17)7(2)15-11/h5-6,14H,3-4,13H2,1-2H3,(H,16,17). The second-order valence-corrected chi connectivity index (χ2v) is 4.03. The van der Waals surface area contributed by atoms with Gasteiger partial charge in [0.05, 0.1) is 22.4 Å². The van der Waals surface area contributed by atoms with E-state index < -0.39 is 0 Å². The van der Waals surface area contributed by atoms with E-state index in [0.717, 1.165) is 24.2 Å². The summed E-state index contributed by atoms with van der Waals surface area (Å²) in [6, 6.07) is 3.60. The Morgan fingerprint density at radius 1 is 1.47 bits per heavy atom. The number of nitrogens with zero attached hydrogens (tertiary/aromatic N) is 1. The molecule has 0 fully saturated rings. The maximum Gasteiger partial charge on any atom is 0.269 e. The van der Waals surface area contributed by atoms with Crippen molar-refractivity contribution in [1.82, 2.24) is 9.97 Å². The van der Waals surface area contributed by atoms with Crippen LogP contribution >= 0.6 is 0 Å². The number of rotatable bonds is 3. The van der Waals surface area contributed by atoms with Gasteiger partial charge in [-0.15, -0.1) is 0 Å². The van der Waals surface area contributed by atoms with Crippen molar-refractivity contribution in [3.8, 4) is 0 Å². The van der Waals surface area contributed by atoms with Crippen LogP contribution in [0.25, 0.3) is 11.0 Å². The second kappa shape index (κ2) is 4.45. The molecule has 0 bridgehead atoms. The van der Waals surface area contributed by atoms with Crippen molar-refractivity contribution in [2.45, 2.75) is 20.3 Å². The van der Waals surface area contributed by atoms with Crippen LogP contribution in [-0.4, -0.2) is 16.5 Å². The van der Waals surface area contributed by atoms with Gasteiger partial charge >= 0.3 is 0 Å². The Hall–Kier alpha value is -2.04. The number of nitrogens with two attached hydrogens (primary N) is 1. The maximum absolute atomic E-state index is 11.4. The fourth-order valence-corrected chi connectivity index (χ4v) is 1.65. The molecule has 0 aliphatic carbocycles. The Morgan fingerprint density at radius 3 is 2.94 bits per heavy atom. The summed E-state index contributed by atoms with van der Waals surface area (Å²) in [6.07, 6.45) is 1.02. The summed E-state index contributed by atoms with van der Waals surface area (Å²) in [6.45, 7) is 4.63. The third-order valence-electron chi connectivity index (χ3n) is 2.60. The van der Waals surface area contributed by atoms with Crippen LogP contribution in [0, 0.1) is 6.92 Å². The molecule has 5 nitrogen and oxygen atoms in total. The van der Waals surface area contributed by atoms with Gasteiger partial charge in [-0.3, -0.25) is 4.79 Å². The van der Waals surface area contributed by atoms with Gasteiger partial charge in [0, 0.05) is 6.54 Å². The number of benzene rings is 1. The smallest absolute Gasteiger partial charge is 0.269 e. The molecule has 0 spiro atoms. The summed E-state index contributed by atoms with van der Waals surface area (Å²) in [4.78, 5) is 18.4. The molecule has 2 aromatic rings. The second-order valence-electron chi connectivity index (χ2n) is 4.03. The Kier molecular flexibility index (Phi) is 2.99. The highest BCUT2D eigenvalue weighted by atomic mass is 16.1. The molecule has 5 heteroatoms. The minimum Gasteiger partial charge on any atom is -0.397 e. The Bertz CT molecular complexity index is 603. The zero-order chi connectivity index (χ0) is 12.4. The highest BCUT2D eigenvalue weighted by Crippen LogP contribution is 2.23. The highest BCUT2D eigenvalue weighted by Gasteiger charge is 2.05. The first-order chi connectivity index (χ1) is 8.11. The number of fused-ring (bicyclic) bond motifs is 1. The molecular weight excluding hydrogens is 216 g/mol. The van der Waals surface area contributed by atoms with E-state index in [0.29, 0.717) is 16.9 Å². The zero-order valence-corrected chi connectivity index (χ0v) is 10.0. The van der Waals surface area contributed by atoms with Crippen molar-refractivity contribution in [1.29, 1.82) is 0 Å². The van der Waals surface area contributed by atoms with E-state index in [4.69, 9.17) is 5.73 Å². The maximum atomic E-state index is 11.4. The monoisotopic (exact) mass is 232 g/mol. The number of H-pyrrole nitrogens is 1. The molecule has 17 heavy (non-hydrogen) atoms. The van der Waals surface area contributed by atoms with Crippen molar-refractivity contribution in [2.75, 3.05) is 17.6 Å². The summed E-state index contributed by atoms with van der Waals surface area (Å²) >= 11 is 0. The first-order valence-corrected chi connectivity index (χ1v) is 5.66. The summed E-state index contributed by atoms with van der Waals surface area (Å²) in [5.41, 5.74) is 9.08. The molecule has 0 unspecified atom stereocenters. The molecule has 0 saturated heterocycles. The molecule has 2 rings (SSSR count). The van der Waals surface area contributed by atoms with E-state index >= 15 is 0 Å². The van der Waals surface area contributed by atoms with E-state index in [1.807, 2.05) is 6.07 Å². The zero-order valence-electron chi connectivity index (χ0n) is 10.0. The Labute approximate surface area is 99.1 Å². The topological polar surface area (TPSA) is 83.8 Å². The number of hydrogen-bond acceptors (Lipinski definition) is 4. The molecule has 90 valence electrons. The Morgan fingerprint density at radius 2 is 2.24 bits per heavy atom. The summed E-state index contributed by atoms with van der Waals surface area (Å²) in [7, 11) is 0. The number of anilines is 2. The minimum atomic E-state index is -0.175. The number of aromatic amines is 1. The van der Waals surface area contributed by atoms with Crippen molar-refractivity contribution in [2.24, 2.45) is 0 Å². The number of nitrogen functional groups attached to an aromatic ring is 1. The largest absolute Gasteiger partial charge is 0.397 e. The fourth-order valence-electron chi connectivity index (χ4n) is 1.65. The lowest BCUT2D eigenvalue weighted by molar-refractivity contribution is 0.980. The number of nitrogens with one attached hydrogen (secondary N) is 2. The minimum absolute atomic E-state index is 0.175. The van der Waals surface area contributed by atoms with Crippen molar-refractivity contribution in [3.05, 3.63) is 28.2 Å². The molecule has 1 heterocycles. The molecule has 4 N–H and O–H groups in total. The third kappa shape index (κ3) is 2.22. The van der Waals surface area contributed by atoms with E-state index in [2.05, 4.69) is 22.2 Å². The lowest BCUT2D eigenvalue weighted by atomic mass is 10.2. The van der Waals surface area contributed by atoms with Crippen LogP contribution in [0.5, 0.6) is 0 Å². The number of hydrogen-bond donors (Lipinski definition) is 3. The molecule has 0 atom stereocenters. The van der Waals surface area contributed by atoms with Crippen LogP contribution in [0.15, 0.2) is 16.9 Å². The molecule has 1 aromatic carbocycles. The van der Waals surface area contributed by atoms with Gasteiger partial charge in [0.15, 0.2) is 0 Å². The van der Waals surface area contributed by atoms with Gasteiger partial charge in [-0.05, 0) is 25.5 Å². The first kappa shape index (κ1) is 11.4.